The van der Waals surface area contributed by atoms with Gasteiger partial charge in [-0.15, -0.1) is 0 Å². The second-order valence-electron chi connectivity index (χ2n) is 2.96. The van der Waals surface area contributed by atoms with Gasteiger partial charge in [-0.25, -0.2) is 0 Å². The second-order valence-corrected chi connectivity index (χ2v) is 9.00. The van der Waals surface area contributed by atoms with Crippen molar-refractivity contribution in [3.05, 3.63) is 0 Å². The summed E-state index contributed by atoms with van der Waals surface area (Å²) >= 11 is 11.1. The molecule has 0 aliphatic carbocycles. The molecule has 12 heavy (non-hydrogen) atoms. The predicted octanol–water partition coefficient (Wildman–Crippen LogP) is 4.15. The highest BCUT2D eigenvalue weighted by atomic mass is 35.7. The average molecular weight is 229 g/mol. The van der Waals surface area contributed by atoms with Gasteiger partial charge in [0.05, 0.1) is 6.10 Å². The van der Waals surface area contributed by atoms with E-state index in [1.54, 1.807) is 0 Å². The highest BCUT2D eigenvalue weighted by molar-refractivity contribution is 8.24. The number of unbranched alkanes of at least 4 members (excludes halogenated alkanes) is 1. The lowest BCUT2D eigenvalue weighted by Crippen LogP contribution is -2.04. The molecule has 2 atom stereocenters. The Hall–Kier alpha value is 0.900. The van der Waals surface area contributed by atoms with Crippen molar-refractivity contribution in [2.75, 3.05) is 6.16 Å². The molecule has 0 aromatic rings. The molecule has 1 nitrogen and oxygen atoms in total. The molecule has 0 amide bonds. The van der Waals surface area contributed by atoms with Crippen molar-refractivity contribution in [3.8, 4) is 0 Å². The van der Waals surface area contributed by atoms with Gasteiger partial charge in [-0.1, -0.05) is 49.7 Å². The van der Waals surface area contributed by atoms with Gasteiger partial charge in [0.25, 0.3) is 0 Å². The van der Waals surface area contributed by atoms with Crippen LogP contribution < -0.4 is 0 Å². The Labute approximate surface area is 85.7 Å². The summed E-state index contributed by atoms with van der Waals surface area (Å²) in [5, 5.41) is 0. The van der Waals surface area contributed by atoms with Crippen molar-refractivity contribution in [3.63, 3.8) is 0 Å². The van der Waals surface area contributed by atoms with E-state index in [0.717, 1.165) is 12.6 Å². The molecule has 0 rings (SSSR count). The zero-order valence-electron chi connectivity index (χ0n) is 8.05. The van der Waals surface area contributed by atoms with Crippen molar-refractivity contribution in [1.82, 2.24) is 0 Å². The van der Waals surface area contributed by atoms with E-state index in [-0.39, 0.29) is 6.10 Å². The van der Waals surface area contributed by atoms with Crippen LogP contribution >= 0.6 is 16.9 Å². The Morgan fingerprint density at radius 1 is 1.50 bits per heavy atom. The van der Waals surface area contributed by atoms with Crippen molar-refractivity contribution < 1.29 is 4.52 Å². The minimum Gasteiger partial charge on any atom is -0.335 e. The topological polar surface area (TPSA) is 9.23 Å². The maximum absolute atomic E-state index is 6.00. The third-order valence-electron chi connectivity index (χ3n) is 1.68. The second kappa shape index (κ2) is 6.37. The number of rotatable bonds is 6. The first-order valence-corrected chi connectivity index (χ1v) is 8.30. The quantitative estimate of drug-likeness (QED) is 0.632. The molecule has 0 spiro atoms. The van der Waals surface area contributed by atoms with Crippen LogP contribution in [0.1, 0.15) is 40.0 Å². The Morgan fingerprint density at radius 3 is 2.50 bits per heavy atom. The van der Waals surface area contributed by atoms with Gasteiger partial charge < -0.3 is 4.52 Å². The number of hydrogen-bond donors (Lipinski definition) is 0. The minimum atomic E-state index is -1.96. The molecule has 4 heteroatoms. The smallest absolute Gasteiger partial charge is 0.151 e. The highest BCUT2D eigenvalue weighted by Gasteiger charge is 2.14. The van der Waals surface area contributed by atoms with Crippen molar-refractivity contribution in [2.24, 2.45) is 0 Å². The third-order valence-corrected chi connectivity index (χ3v) is 5.10. The van der Waals surface area contributed by atoms with Crippen LogP contribution in [0.25, 0.3) is 0 Å². The maximum atomic E-state index is 6.00. The van der Waals surface area contributed by atoms with E-state index < -0.39 is 5.62 Å². The van der Waals surface area contributed by atoms with Crippen LogP contribution in [0.4, 0.5) is 0 Å². The van der Waals surface area contributed by atoms with Crippen molar-refractivity contribution in [1.29, 1.82) is 0 Å². The molecule has 0 aromatic carbocycles. The van der Waals surface area contributed by atoms with E-state index in [9.17, 15) is 0 Å². The summed E-state index contributed by atoms with van der Waals surface area (Å²) in [4.78, 5) is 0. The van der Waals surface area contributed by atoms with Gasteiger partial charge in [0.2, 0.25) is 0 Å². The zero-order chi connectivity index (χ0) is 9.61. The molecule has 0 bridgehead atoms. The van der Waals surface area contributed by atoms with Gasteiger partial charge in [0.1, 0.15) is 0 Å². The largest absolute Gasteiger partial charge is 0.335 e. The lowest BCUT2D eigenvalue weighted by atomic mass is 10.2. The van der Waals surface area contributed by atoms with E-state index in [0.29, 0.717) is 0 Å². The molecule has 0 radical (unpaired) electrons. The third kappa shape index (κ3) is 6.42. The summed E-state index contributed by atoms with van der Waals surface area (Å²) in [6.07, 6.45) is 4.47. The average Bonchev–Trinajstić information content (AvgIpc) is 2.00. The van der Waals surface area contributed by atoms with E-state index in [2.05, 4.69) is 13.8 Å². The summed E-state index contributed by atoms with van der Waals surface area (Å²) in [7, 11) is 0. The van der Waals surface area contributed by atoms with E-state index in [1.807, 2.05) is 6.92 Å². The van der Waals surface area contributed by atoms with Gasteiger partial charge in [0.15, 0.2) is 5.62 Å². The molecule has 0 aromatic heterocycles. The molecule has 74 valence electrons. The molecule has 0 aliphatic heterocycles. The molecule has 0 saturated carbocycles. The van der Waals surface area contributed by atoms with Gasteiger partial charge in [-0.05, 0) is 13.3 Å². The molecule has 0 aliphatic rings. The van der Waals surface area contributed by atoms with E-state index in [4.69, 9.17) is 27.6 Å². The Kier molecular flexibility index (Phi) is 6.85. The van der Waals surface area contributed by atoms with Crippen LogP contribution in [0.5, 0.6) is 0 Å². The summed E-state index contributed by atoms with van der Waals surface area (Å²) < 4.78 is 5.58. The minimum absolute atomic E-state index is 0.230. The maximum Gasteiger partial charge on any atom is 0.151 e. The molecule has 0 saturated heterocycles. The first-order chi connectivity index (χ1) is 5.52. The van der Waals surface area contributed by atoms with Crippen molar-refractivity contribution >= 4 is 28.7 Å². The highest BCUT2D eigenvalue weighted by Crippen LogP contribution is 2.53. The lowest BCUT2D eigenvalue weighted by Gasteiger charge is -2.18. The summed E-state index contributed by atoms with van der Waals surface area (Å²) in [5.41, 5.74) is -1.96. The van der Waals surface area contributed by atoms with Crippen LogP contribution in [0, 0.1) is 0 Å². The SMILES string of the molecule is CCCCC(C)OP(=S)(Cl)CC. The van der Waals surface area contributed by atoms with Gasteiger partial charge >= 0.3 is 0 Å². The molecule has 0 heterocycles. The normalized spacial score (nSPS) is 18.7. The van der Waals surface area contributed by atoms with Crippen LogP contribution in [0.15, 0.2) is 0 Å². The number of hydrogen-bond acceptors (Lipinski definition) is 2. The van der Waals surface area contributed by atoms with Gasteiger partial charge in [-0.2, -0.15) is 0 Å². The Bertz CT molecular complexity index is 163. The van der Waals surface area contributed by atoms with Crippen molar-refractivity contribution in [2.45, 2.75) is 46.1 Å². The van der Waals surface area contributed by atoms with E-state index >= 15 is 0 Å². The summed E-state index contributed by atoms with van der Waals surface area (Å²) in [5.74, 6) is 0. The first kappa shape index (κ1) is 12.9. The standard InChI is InChI=1S/C8H18ClOPS/c1-4-6-7-8(3)10-11(9,12)5-2/h8H,4-7H2,1-3H3. The van der Waals surface area contributed by atoms with Crippen LogP contribution in [0.2, 0.25) is 0 Å². The van der Waals surface area contributed by atoms with E-state index in [1.165, 1.54) is 12.8 Å². The molecular formula is C8H18ClOPS. The predicted molar refractivity (Wildman–Crippen MR) is 60.8 cm³/mol. The number of halogens is 1. The fourth-order valence-electron chi connectivity index (χ4n) is 0.888. The van der Waals surface area contributed by atoms with Gasteiger partial charge in [-0.3, -0.25) is 0 Å². The molecule has 0 N–H and O–H groups in total. The van der Waals surface area contributed by atoms with Crippen LogP contribution in [0.3, 0.4) is 0 Å². The Balaban J connectivity index is 3.68. The zero-order valence-corrected chi connectivity index (χ0v) is 10.5. The molecule has 0 fully saturated rings. The molecule has 2 unspecified atom stereocenters. The lowest BCUT2D eigenvalue weighted by molar-refractivity contribution is 0.235. The summed E-state index contributed by atoms with van der Waals surface area (Å²) in [6.45, 7) is 6.21. The first-order valence-electron chi connectivity index (χ1n) is 4.49. The van der Waals surface area contributed by atoms with Crippen LogP contribution in [-0.4, -0.2) is 12.3 Å². The Morgan fingerprint density at radius 2 is 2.08 bits per heavy atom. The fourth-order valence-corrected chi connectivity index (χ4v) is 2.53. The summed E-state index contributed by atoms with van der Waals surface area (Å²) in [6, 6.07) is 0. The fraction of sp³-hybridized carbons (Fsp3) is 1.00. The van der Waals surface area contributed by atoms with Crippen LogP contribution in [-0.2, 0) is 16.3 Å². The molecular weight excluding hydrogens is 211 g/mol. The monoisotopic (exact) mass is 228 g/mol. The van der Waals surface area contributed by atoms with Gasteiger partial charge in [0, 0.05) is 6.16 Å².